The maximum absolute atomic E-state index is 11.9. The summed E-state index contributed by atoms with van der Waals surface area (Å²) in [6, 6.07) is 0. The molecule has 4 atom stereocenters. The molecule has 0 aromatic rings. The van der Waals surface area contributed by atoms with Crippen molar-refractivity contribution in [1.82, 2.24) is 0 Å². The summed E-state index contributed by atoms with van der Waals surface area (Å²) < 4.78 is 5.81. The Labute approximate surface area is 83.8 Å². The first-order valence-corrected chi connectivity index (χ1v) is 5.04. The second-order valence-electron chi connectivity index (χ2n) is 4.45. The number of hydrogen-bond acceptors (Lipinski definition) is 3. The SMILES string of the molecule is C[C@@H]1C(=O)[C@H](C)[C@@H]2C=C(CO)[C@@]1(C)O2. The van der Waals surface area contributed by atoms with Crippen molar-refractivity contribution < 1.29 is 14.6 Å². The molecule has 1 fully saturated rings. The molecule has 0 unspecified atom stereocenters. The van der Waals surface area contributed by atoms with Crippen LogP contribution in [0.15, 0.2) is 11.6 Å². The number of ether oxygens (including phenoxy) is 1. The number of ketones is 1. The summed E-state index contributed by atoms with van der Waals surface area (Å²) in [5.74, 6) is 0.000208. The van der Waals surface area contributed by atoms with Crippen LogP contribution in [0.1, 0.15) is 20.8 Å². The van der Waals surface area contributed by atoms with Crippen LogP contribution < -0.4 is 0 Å². The van der Waals surface area contributed by atoms with E-state index in [-0.39, 0.29) is 30.3 Å². The Morgan fingerprint density at radius 2 is 2.21 bits per heavy atom. The van der Waals surface area contributed by atoms with Gasteiger partial charge in [-0.2, -0.15) is 0 Å². The zero-order valence-corrected chi connectivity index (χ0v) is 8.78. The maximum atomic E-state index is 11.9. The van der Waals surface area contributed by atoms with Gasteiger partial charge in [0.1, 0.15) is 5.78 Å². The number of rotatable bonds is 1. The van der Waals surface area contributed by atoms with E-state index in [9.17, 15) is 9.90 Å². The molecule has 1 saturated heterocycles. The lowest BCUT2D eigenvalue weighted by atomic mass is 9.78. The van der Waals surface area contributed by atoms with Crippen molar-refractivity contribution in [3.8, 4) is 0 Å². The van der Waals surface area contributed by atoms with E-state index in [1.165, 1.54) is 0 Å². The van der Waals surface area contributed by atoms with Crippen LogP contribution in [0.25, 0.3) is 0 Å². The van der Waals surface area contributed by atoms with E-state index in [1.807, 2.05) is 26.8 Å². The standard InChI is InChI=1S/C11H16O3/c1-6-9-4-8(5-12)11(3,14-9)7(2)10(6)13/h4,6-7,9,12H,5H2,1-3H3/t6-,7-,9+,11+/m1/s1. The molecule has 14 heavy (non-hydrogen) atoms. The Balaban J connectivity index is 2.42. The molecule has 2 aliphatic heterocycles. The summed E-state index contributed by atoms with van der Waals surface area (Å²) in [7, 11) is 0. The van der Waals surface area contributed by atoms with Gasteiger partial charge in [-0.15, -0.1) is 0 Å². The number of Topliss-reactive ketones (excluding diaryl/α,β-unsaturated/α-hetero) is 1. The molecule has 78 valence electrons. The van der Waals surface area contributed by atoms with E-state index in [1.54, 1.807) is 0 Å². The molecule has 2 heterocycles. The number of hydrogen-bond donors (Lipinski definition) is 1. The molecule has 0 spiro atoms. The van der Waals surface area contributed by atoms with Gasteiger partial charge in [0, 0.05) is 11.8 Å². The molecule has 2 aliphatic rings. The van der Waals surface area contributed by atoms with E-state index >= 15 is 0 Å². The van der Waals surface area contributed by atoms with Crippen LogP contribution in [0.2, 0.25) is 0 Å². The topological polar surface area (TPSA) is 46.5 Å². The third kappa shape index (κ3) is 1.03. The predicted molar refractivity (Wildman–Crippen MR) is 51.8 cm³/mol. The number of carbonyl (C=O) groups excluding carboxylic acids is 1. The fraction of sp³-hybridized carbons (Fsp3) is 0.727. The van der Waals surface area contributed by atoms with Gasteiger partial charge in [-0.3, -0.25) is 4.79 Å². The molecule has 2 bridgehead atoms. The van der Waals surface area contributed by atoms with Crippen molar-refractivity contribution in [3.63, 3.8) is 0 Å². The lowest BCUT2D eigenvalue weighted by Gasteiger charge is -2.40. The largest absolute Gasteiger partial charge is 0.392 e. The van der Waals surface area contributed by atoms with Crippen LogP contribution in [0.3, 0.4) is 0 Å². The van der Waals surface area contributed by atoms with Gasteiger partial charge in [0.15, 0.2) is 0 Å². The second kappa shape index (κ2) is 2.91. The smallest absolute Gasteiger partial charge is 0.144 e. The monoisotopic (exact) mass is 196 g/mol. The normalized spacial score (nSPS) is 46.7. The average molecular weight is 196 g/mol. The molecule has 0 aromatic carbocycles. The van der Waals surface area contributed by atoms with Crippen LogP contribution in [-0.2, 0) is 9.53 Å². The number of carbonyl (C=O) groups is 1. The van der Waals surface area contributed by atoms with E-state index in [2.05, 4.69) is 0 Å². The van der Waals surface area contributed by atoms with Crippen LogP contribution in [0.5, 0.6) is 0 Å². The Bertz CT molecular complexity index is 308. The van der Waals surface area contributed by atoms with Crippen molar-refractivity contribution in [2.24, 2.45) is 11.8 Å². The highest BCUT2D eigenvalue weighted by Gasteiger charge is 2.52. The molecule has 0 amide bonds. The van der Waals surface area contributed by atoms with Gasteiger partial charge in [0.25, 0.3) is 0 Å². The van der Waals surface area contributed by atoms with Gasteiger partial charge >= 0.3 is 0 Å². The molecule has 1 N–H and O–H groups in total. The quantitative estimate of drug-likeness (QED) is 0.634. The van der Waals surface area contributed by atoms with Gasteiger partial charge in [0.2, 0.25) is 0 Å². The first kappa shape index (κ1) is 9.87. The molecular weight excluding hydrogens is 180 g/mol. The van der Waals surface area contributed by atoms with Crippen molar-refractivity contribution in [2.45, 2.75) is 32.5 Å². The molecule has 0 saturated carbocycles. The van der Waals surface area contributed by atoms with Gasteiger partial charge in [-0.1, -0.05) is 19.9 Å². The highest BCUT2D eigenvalue weighted by Crippen LogP contribution is 2.44. The van der Waals surface area contributed by atoms with Crippen LogP contribution in [0.4, 0.5) is 0 Å². The summed E-state index contributed by atoms with van der Waals surface area (Å²) in [5.41, 5.74) is 0.288. The van der Waals surface area contributed by atoms with Crippen LogP contribution in [-0.4, -0.2) is 29.2 Å². The van der Waals surface area contributed by atoms with Gasteiger partial charge in [-0.05, 0) is 12.5 Å². The lowest BCUT2D eigenvalue weighted by Crippen LogP contribution is -2.50. The highest BCUT2D eigenvalue weighted by molar-refractivity contribution is 5.87. The van der Waals surface area contributed by atoms with E-state index in [4.69, 9.17) is 4.74 Å². The summed E-state index contributed by atoms with van der Waals surface area (Å²) in [6.07, 6.45) is 1.78. The molecule has 0 aromatic heterocycles. The molecule has 3 nitrogen and oxygen atoms in total. The number of fused-ring (bicyclic) bond motifs is 2. The molecular formula is C11H16O3. The van der Waals surface area contributed by atoms with E-state index in [0.29, 0.717) is 0 Å². The summed E-state index contributed by atoms with van der Waals surface area (Å²) in [6.45, 7) is 5.64. The summed E-state index contributed by atoms with van der Waals surface area (Å²) in [5, 5.41) is 9.21. The second-order valence-corrected chi connectivity index (χ2v) is 4.45. The van der Waals surface area contributed by atoms with Gasteiger partial charge in [0.05, 0.1) is 18.3 Å². The Kier molecular flexibility index (Phi) is 2.05. The summed E-state index contributed by atoms with van der Waals surface area (Å²) >= 11 is 0. The fourth-order valence-electron chi connectivity index (χ4n) is 2.42. The zero-order chi connectivity index (χ0) is 10.5. The average Bonchev–Trinajstić information content (AvgIpc) is 2.49. The van der Waals surface area contributed by atoms with Crippen molar-refractivity contribution in [3.05, 3.63) is 11.6 Å². The third-order valence-electron chi connectivity index (χ3n) is 3.75. The van der Waals surface area contributed by atoms with Gasteiger partial charge < -0.3 is 9.84 Å². The Morgan fingerprint density at radius 3 is 2.79 bits per heavy atom. The Hall–Kier alpha value is -0.670. The Morgan fingerprint density at radius 1 is 1.57 bits per heavy atom. The van der Waals surface area contributed by atoms with E-state index in [0.717, 1.165) is 5.57 Å². The van der Waals surface area contributed by atoms with Crippen molar-refractivity contribution in [1.29, 1.82) is 0 Å². The van der Waals surface area contributed by atoms with Crippen molar-refractivity contribution >= 4 is 5.78 Å². The minimum Gasteiger partial charge on any atom is -0.392 e. The lowest BCUT2D eigenvalue weighted by molar-refractivity contribution is -0.157. The zero-order valence-electron chi connectivity index (χ0n) is 8.78. The van der Waals surface area contributed by atoms with Crippen LogP contribution >= 0.6 is 0 Å². The van der Waals surface area contributed by atoms with Crippen LogP contribution in [0, 0.1) is 11.8 Å². The molecule has 2 rings (SSSR count). The molecule has 0 aliphatic carbocycles. The van der Waals surface area contributed by atoms with E-state index < -0.39 is 5.60 Å². The first-order chi connectivity index (χ1) is 6.50. The maximum Gasteiger partial charge on any atom is 0.144 e. The molecule has 3 heteroatoms. The first-order valence-electron chi connectivity index (χ1n) is 5.04. The summed E-state index contributed by atoms with van der Waals surface area (Å²) in [4.78, 5) is 11.9. The number of aliphatic hydroxyl groups excluding tert-OH is 1. The minimum absolute atomic E-state index is 0.0165. The number of aliphatic hydroxyl groups is 1. The molecule has 0 radical (unpaired) electrons. The van der Waals surface area contributed by atoms with Gasteiger partial charge in [-0.25, -0.2) is 0 Å². The van der Waals surface area contributed by atoms with Crippen molar-refractivity contribution in [2.75, 3.05) is 6.61 Å². The minimum atomic E-state index is -0.566. The highest BCUT2D eigenvalue weighted by atomic mass is 16.5. The fourth-order valence-corrected chi connectivity index (χ4v) is 2.42. The third-order valence-corrected chi connectivity index (χ3v) is 3.75. The predicted octanol–water partition coefficient (Wildman–Crippen LogP) is 0.917.